The molecule has 2 unspecified atom stereocenters. The minimum Gasteiger partial charge on any atom is -0.497 e. The first kappa shape index (κ1) is 22.1. The molecule has 1 aliphatic carbocycles. The molecule has 1 aliphatic rings. The number of nitrogens with zero attached hydrogens (tertiary/aromatic N) is 4. The van der Waals surface area contributed by atoms with Gasteiger partial charge in [-0.25, -0.2) is 4.79 Å². The van der Waals surface area contributed by atoms with Crippen LogP contribution >= 0.6 is 0 Å². The predicted molar refractivity (Wildman–Crippen MR) is 123 cm³/mol. The molecule has 1 aromatic carbocycles. The van der Waals surface area contributed by atoms with Crippen molar-refractivity contribution in [3.63, 3.8) is 0 Å². The highest BCUT2D eigenvalue weighted by atomic mass is 16.5. The third-order valence-electron chi connectivity index (χ3n) is 6.07. The maximum absolute atomic E-state index is 13.2. The molecular formula is C23H31N5O4. The number of imidazole rings is 1. The standard InChI is InChI=1S/C23H31N5O4/c1-14(2)12-28-20-19(21(30)26(3)23(28)31)27(13-15-8-10-16(32-4)11-9-15)22(25-20)24-17-6-5-7-18(17)29/h8-11,14,17-18,29H,5-7,12-13H2,1-4H3,(H,24,25). The molecule has 0 bridgehead atoms. The molecule has 3 aromatic rings. The second kappa shape index (κ2) is 8.82. The summed E-state index contributed by atoms with van der Waals surface area (Å²) in [5, 5.41) is 13.7. The Bertz CT molecular complexity index is 1220. The third kappa shape index (κ3) is 4.04. The first-order valence-corrected chi connectivity index (χ1v) is 11.1. The molecule has 2 aromatic heterocycles. The normalized spacial score (nSPS) is 18.6. The van der Waals surface area contributed by atoms with E-state index in [9.17, 15) is 14.7 Å². The number of anilines is 1. The molecular weight excluding hydrogens is 410 g/mol. The minimum atomic E-state index is -0.468. The third-order valence-corrected chi connectivity index (χ3v) is 6.07. The number of hydrogen-bond acceptors (Lipinski definition) is 6. The van der Waals surface area contributed by atoms with E-state index in [4.69, 9.17) is 9.72 Å². The van der Waals surface area contributed by atoms with Gasteiger partial charge in [-0.2, -0.15) is 4.98 Å². The van der Waals surface area contributed by atoms with Crippen LogP contribution in [0.3, 0.4) is 0 Å². The van der Waals surface area contributed by atoms with Gasteiger partial charge in [0.25, 0.3) is 5.56 Å². The van der Waals surface area contributed by atoms with Gasteiger partial charge < -0.3 is 15.2 Å². The lowest BCUT2D eigenvalue weighted by Gasteiger charge is -2.18. The van der Waals surface area contributed by atoms with Gasteiger partial charge in [0.15, 0.2) is 11.2 Å². The zero-order valence-electron chi connectivity index (χ0n) is 19.0. The maximum atomic E-state index is 13.2. The molecule has 0 saturated heterocycles. The van der Waals surface area contributed by atoms with Gasteiger partial charge in [0.2, 0.25) is 5.95 Å². The quantitative estimate of drug-likeness (QED) is 0.581. The minimum absolute atomic E-state index is 0.143. The molecule has 0 aliphatic heterocycles. The summed E-state index contributed by atoms with van der Waals surface area (Å²) in [6.45, 7) is 4.88. The van der Waals surface area contributed by atoms with Crippen molar-refractivity contribution in [2.75, 3.05) is 12.4 Å². The molecule has 172 valence electrons. The van der Waals surface area contributed by atoms with E-state index in [1.54, 1.807) is 11.7 Å². The van der Waals surface area contributed by atoms with Crippen LogP contribution in [0.1, 0.15) is 38.7 Å². The van der Waals surface area contributed by atoms with Gasteiger partial charge in [-0.3, -0.25) is 18.5 Å². The van der Waals surface area contributed by atoms with Crippen molar-refractivity contribution >= 4 is 17.1 Å². The molecule has 4 rings (SSSR count). The van der Waals surface area contributed by atoms with Crippen LogP contribution in [-0.2, 0) is 20.1 Å². The van der Waals surface area contributed by atoms with Crippen LogP contribution in [0, 0.1) is 5.92 Å². The highest BCUT2D eigenvalue weighted by Gasteiger charge is 2.28. The van der Waals surface area contributed by atoms with Crippen LogP contribution < -0.4 is 21.3 Å². The van der Waals surface area contributed by atoms with Crippen molar-refractivity contribution in [1.29, 1.82) is 0 Å². The van der Waals surface area contributed by atoms with E-state index in [0.717, 1.165) is 35.1 Å². The number of fused-ring (bicyclic) bond motifs is 1. The van der Waals surface area contributed by atoms with Crippen LogP contribution in [0.4, 0.5) is 5.95 Å². The average molecular weight is 442 g/mol. The number of aliphatic hydroxyl groups excluding tert-OH is 1. The number of aromatic nitrogens is 4. The van der Waals surface area contributed by atoms with Crippen LogP contribution in [0.25, 0.3) is 11.2 Å². The zero-order chi connectivity index (χ0) is 23.0. The molecule has 2 heterocycles. The molecule has 0 radical (unpaired) electrons. The Morgan fingerprint density at radius 2 is 1.91 bits per heavy atom. The fourth-order valence-corrected chi connectivity index (χ4v) is 4.34. The summed E-state index contributed by atoms with van der Waals surface area (Å²) >= 11 is 0. The number of aliphatic hydroxyl groups is 1. The van der Waals surface area contributed by atoms with Crippen LogP contribution in [0.5, 0.6) is 5.75 Å². The Hall–Kier alpha value is -3.07. The molecule has 2 N–H and O–H groups in total. The highest BCUT2D eigenvalue weighted by molar-refractivity contribution is 5.74. The molecule has 0 spiro atoms. The van der Waals surface area contributed by atoms with Gasteiger partial charge in [-0.1, -0.05) is 26.0 Å². The monoisotopic (exact) mass is 441 g/mol. The lowest BCUT2D eigenvalue weighted by atomic mass is 10.2. The molecule has 32 heavy (non-hydrogen) atoms. The SMILES string of the molecule is COc1ccc(Cn2c(NC3CCCC3O)nc3c2c(=O)n(C)c(=O)n3CC(C)C)cc1. The van der Waals surface area contributed by atoms with Gasteiger partial charge in [-0.05, 0) is 42.9 Å². The van der Waals surface area contributed by atoms with Gasteiger partial charge in [-0.15, -0.1) is 0 Å². The summed E-state index contributed by atoms with van der Waals surface area (Å²) in [5.74, 6) is 1.44. The van der Waals surface area contributed by atoms with E-state index >= 15 is 0 Å². The van der Waals surface area contributed by atoms with Crippen molar-refractivity contribution in [2.45, 2.75) is 58.3 Å². The van der Waals surface area contributed by atoms with Crippen molar-refractivity contribution in [2.24, 2.45) is 13.0 Å². The molecule has 9 heteroatoms. The first-order chi connectivity index (χ1) is 15.3. The second-order valence-corrected chi connectivity index (χ2v) is 8.94. The average Bonchev–Trinajstić information content (AvgIpc) is 3.34. The summed E-state index contributed by atoms with van der Waals surface area (Å²) < 4.78 is 9.78. The second-order valence-electron chi connectivity index (χ2n) is 8.94. The Balaban J connectivity index is 1.90. The summed E-state index contributed by atoms with van der Waals surface area (Å²) in [4.78, 5) is 30.8. The molecule has 1 saturated carbocycles. The predicted octanol–water partition coefficient (Wildman–Crippen LogP) is 1.93. The van der Waals surface area contributed by atoms with E-state index < -0.39 is 6.10 Å². The van der Waals surface area contributed by atoms with Crippen molar-refractivity contribution in [1.82, 2.24) is 18.7 Å². The van der Waals surface area contributed by atoms with Crippen molar-refractivity contribution in [3.05, 3.63) is 50.7 Å². The van der Waals surface area contributed by atoms with E-state index in [2.05, 4.69) is 5.32 Å². The van der Waals surface area contributed by atoms with E-state index in [0.29, 0.717) is 30.2 Å². The lowest BCUT2D eigenvalue weighted by Crippen LogP contribution is -2.39. The number of methoxy groups -OCH3 is 1. The Labute approximate surface area is 186 Å². The summed E-state index contributed by atoms with van der Waals surface area (Å²) in [6, 6.07) is 7.47. The van der Waals surface area contributed by atoms with Gasteiger partial charge in [0.05, 0.1) is 25.8 Å². The first-order valence-electron chi connectivity index (χ1n) is 11.1. The fourth-order valence-electron chi connectivity index (χ4n) is 4.34. The summed E-state index contributed by atoms with van der Waals surface area (Å²) in [7, 11) is 3.12. The van der Waals surface area contributed by atoms with Gasteiger partial charge in [0.1, 0.15) is 5.75 Å². The Kier molecular flexibility index (Phi) is 6.10. The Morgan fingerprint density at radius 3 is 2.50 bits per heavy atom. The number of benzene rings is 1. The summed E-state index contributed by atoms with van der Waals surface area (Å²) in [5.41, 5.74) is 0.946. The van der Waals surface area contributed by atoms with Gasteiger partial charge >= 0.3 is 5.69 Å². The fraction of sp³-hybridized carbons (Fsp3) is 0.522. The topological polar surface area (TPSA) is 103 Å². The van der Waals surface area contributed by atoms with Crippen molar-refractivity contribution < 1.29 is 9.84 Å². The van der Waals surface area contributed by atoms with E-state index in [1.165, 1.54) is 7.05 Å². The zero-order valence-corrected chi connectivity index (χ0v) is 19.0. The number of ether oxygens (including phenoxy) is 1. The van der Waals surface area contributed by atoms with Crippen LogP contribution in [0.2, 0.25) is 0 Å². The highest BCUT2D eigenvalue weighted by Crippen LogP contribution is 2.26. The number of rotatable bonds is 7. The molecule has 9 nitrogen and oxygen atoms in total. The van der Waals surface area contributed by atoms with Crippen LogP contribution in [0.15, 0.2) is 33.9 Å². The number of hydrogen-bond donors (Lipinski definition) is 2. The molecule has 2 atom stereocenters. The largest absolute Gasteiger partial charge is 0.497 e. The summed E-state index contributed by atoms with van der Waals surface area (Å²) in [6.07, 6.45) is 2.02. The van der Waals surface area contributed by atoms with Crippen LogP contribution in [-0.4, -0.2) is 43.0 Å². The van der Waals surface area contributed by atoms with E-state index in [1.807, 2.05) is 42.7 Å². The molecule has 1 fully saturated rings. The maximum Gasteiger partial charge on any atom is 0.332 e. The smallest absolute Gasteiger partial charge is 0.332 e. The van der Waals surface area contributed by atoms with Gasteiger partial charge in [0, 0.05) is 13.6 Å². The molecule has 0 amide bonds. The lowest BCUT2D eigenvalue weighted by molar-refractivity contribution is 0.171. The van der Waals surface area contributed by atoms with E-state index in [-0.39, 0.29) is 23.2 Å². The Morgan fingerprint density at radius 1 is 1.19 bits per heavy atom. The number of nitrogens with one attached hydrogen (secondary N) is 1. The van der Waals surface area contributed by atoms with Crippen molar-refractivity contribution in [3.8, 4) is 5.75 Å².